The summed E-state index contributed by atoms with van der Waals surface area (Å²) in [6.45, 7) is 15.9. The van der Waals surface area contributed by atoms with E-state index in [1.807, 2.05) is 31.7 Å². The van der Waals surface area contributed by atoms with Crippen LogP contribution in [0.4, 0.5) is 4.79 Å². The van der Waals surface area contributed by atoms with Crippen LogP contribution in [0.1, 0.15) is 61.3 Å². The summed E-state index contributed by atoms with van der Waals surface area (Å²) in [5.41, 5.74) is -0.488. The van der Waals surface area contributed by atoms with E-state index >= 15 is 0 Å². The lowest BCUT2D eigenvalue weighted by Crippen LogP contribution is -2.50. The van der Waals surface area contributed by atoms with E-state index in [0.717, 1.165) is 19.4 Å². The molecule has 3 atom stereocenters. The Morgan fingerprint density at radius 3 is 2.25 bits per heavy atom. The zero-order chi connectivity index (χ0) is 21.2. The number of rotatable bonds is 4. The molecular weight excluding hydrogens is 370 g/mol. The fraction of sp³-hybridized carbons (Fsp3) is 0.696. The van der Waals surface area contributed by atoms with Crippen molar-refractivity contribution in [2.24, 2.45) is 5.92 Å². The number of amides is 1. The second kappa shape index (κ2) is 8.66. The summed E-state index contributed by atoms with van der Waals surface area (Å²) in [6.07, 6.45) is 4.08. The average molecular weight is 410 g/mol. The molecule has 2 rings (SSSR count). The molecule has 0 spiro atoms. The molecule has 0 saturated carbocycles. The van der Waals surface area contributed by atoms with E-state index in [1.54, 1.807) is 0 Å². The van der Waals surface area contributed by atoms with Crippen LogP contribution < -0.4 is 0 Å². The molecule has 1 aliphatic heterocycles. The molecule has 1 saturated heterocycles. The van der Waals surface area contributed by atoms with Crippen molar-refractivity contribution in [2.75, 3.05) is 19.4 Å². The summed E-state index contributed by atoms with van der Waals surface area (Å²) in [6, 6.07) is 10.6. The van der Waals surface area contributed by atoms with Gasteiger partial charge in [0.1, 0.15) is 5.60 Å². The third-order valence-electron chi connectivity index (χ3n) is 5.43. The molecule has 1 amide bonds. The molecule has 28 heavy (non-hydrogen) atoms. The van der Waals surface area contributed by atoms with Gasteiger partial charge in [-0.15, -0.1) is 10.3 Å². The van der Waals surface area contributed by atoms with Crippen LogP contribution in [0, 0.1) is 5.92 Å². The molecule has 160 valence electrons. The number of piperidine rings is 1. The highest BCUT2D eigenvalue weighted by molar-refractivity contribution is 8.30. The van der Waals surface area contributed by atoms with Gasteiger partial charge in [-0.25, -0.2) is 4.79 Å². The predicted molar refractivity (Wildman–Crippen MR) is 119 cm³/mol. The number of carbonyl (C=O) groups excluding carboxylic acids is 1. The standard InChI is InChI=1S/C23H39NO3S/c1-18-14-15-19(24(16-18)21(25)27-22(2,3)4)17-26-28(8,23(5,6)7)20-12-10-9-11-13-20/h9-13,18-19H,14-17H2,1-8H3. The number of ether oxygens (including phenoxy) is 1. The molecule has 4 nitrogen and oxygen atoms in total. The number of hydrogen-bond acceptors (Lipinski definition) is 3. The molecule has 1 aromatic rings. The van der Waals surface area contributed by atoms with Crippen molar-refractivity contribution in [1.82, 2.24) is 4.90 Å². The van der Waals surface area contributed by atoms with E-state index in [0.29, 0.717) is 12.5 Å². The summed E-state index contributed by atoms with van der Waals surface area (Å²) in [5.74, 6) is 0.485. The van der Waals surface area contributed by atoms with Crippen LogP contribution >= 0.6 is 10.3 Å². The summed E-state index contributed by atoms with van der Waals surface area (Å²) in [4.78, 5) is 16.0. The van der Waals surface area contributed by atoms with E-state index in [1.165, 1.54) is 4.90 Å². The van der Waals surface area contributed by atoms with Gasteiger partial charge in [-0.05, 0) is 57.9 Å². The minimum Gasteiger partial charge on any atom is -0.444 e. The van der Waals surface area contributed by atoms with Gasteiger partial charge >= 0.3 is 6.09 Å². The molecule has 0 N–H and O–H groups in total. The minimum atomic E-state index is -1.51. The fourth-order valence-corrected chi connectivity index (χ4v) is 5.72. The largest absolute Gasteiger partial charge is 0.444 e. The van der Waals surface area contributed by atoms with Gasteiger partial charge in [0.15, 0.2) is 0 Å². The third-order valence-corrected chi connectivity index (χ3v) is 9.54. The summed E-state index contributed by atoms with van der Waals surface area (Å²) in [7, 11) is -1.51. The highest BCUT2D eigenvalue weighted by atomic mass is 32.3. The zero-order valence-electron chi connectivity index (χ0n) is 19.0. The molecule has 1 aliphatic rings. The van der Waals surface area contributed by atoms with Gasteiger partial charge in [0, 0.05) is 16.2 Å². The quantitative estimate of drug-likeness (QED) is 0.590. The van der Waals surface area contributed by atoms with Crippen molar-refractivity contribution in [3.05, 3.63) is 30.3 Å². The normalized spacial score (nSPS) is 24.4. The Balaban J connectivity index is 2.19. The lowest BCUT2D eigenvalue weighted by atomic mass is 9.95. The van der Waals surface area contributed by atoms with Gasteiger partial charge in [-0.1, -0.05) is 45.9 Å². The van der Waals surface area contributed by atoms with Gasteiger partial charge < -0.3 is 13.8 Å². The number of hydrogen-bond donors (Lipinski definition) is 0. The van der Waals surface area contributed by atoms with Crippen LogP contribution in [0.2, 0.25) is 0 Å². The lowest BCUT2D eigenvalue weighted by Gasteiger charge is -2.49. The fourth-order valence-electron chi connectivity index (χ4n) is 3.42. The highest BCUT2D eigenvalue weighted by Crippen LogP contribution is 2.63. The first-order valence-electron chi connectivity index (χ1n) is 10.3. The predicted octanol–water partition coefficient (Wildman–Crippen LogP) is 6.25. The van der Waals surface area contributed by atoms with Crippen molar-refractivity contribution in [3.63, 3.8) is 0 Å². The first kappa shape index (κ1) is 23.1. The molecule has 5 heteroatoms. The summed E-state index contributed by atoms with van der Waals surface area (Å²) >= 11 is 0. The van der Waals surface area contributed by atoms with E-state index in [9.17, 15) is 4.79 Å². The van der Waals surface area contributed by atoms with Gasteiger partial charge in [0.2, 0.25) is 0 Å². The Bertz CT molecular complexity index is 650. The summed E-state index contributed by atoms with van der Waals surface area (Å²) < 4.78 is 12.4. The van der Waals surface area contributed by atoms with Crippen LogP contribution in [0.25, 0.3) is 0 Å². The molecule has 1 heterocycles. The molecule has 3 unspecified atom stereocenters. The van der Waals surface area contributed by atoms with Gasteiger partial charge in [-0.2, -0.15) is 0 Å². The minimum absolute atomic E-state index is 0.00688. The van der Waals surface area contributed by atoms with Crippen LogP contribution in [-0.4, -0.2) is 46.8 Å². The van der Waals surface area contributed by atoms with Gasteiger partial charge in [-0.3, -0.25) is 0 Å². The van der Waals surface area contributed by atoms with Crippen LogP contribution in [0.5, 0.6) is 0 Å². The van der Waals surface area contributed by atoms with E-state index in [2.05, 4.69) is 58.2 Å². The van der Waals surface area contributed by atoms with Crippen molar-refractivity contribution in [3.8, 4) is 0 Å². The maximum Gasteiger partial charge on any atom is 0.410 e. The van der Waals surface area contributed by atoms with Gasteiger partial charge in [0.25, 0.3) is 0 Å². The molecule has 0 bridgehead atoms. The molecule has 1 aromatic carbocycles. The maximum absolute atomic E-state index is 12.8. The second-order valence-electron chi connectivity index (χ2n) is 10.0. The van der Waals surface area contributed by atoms with Crippen LogP contribution in [-0.2, 0) is 8.92 Å². The van der Waals surface area contributed by atoms with Crippen molar-refractivity contribution in [2.45, 2.75) is 82.6 Å². The van der Waals surface area contributed by atoms with Crippen LogP contribution in [0.15, 0.2) is 35.2 Å². The monoisotopic (exact) mass is 409 g/mol. The third kappa shape index (κ3) is 5.66. The average Bonchev–Trinajstić information content (AvgIpc) is 2.58. The first-order chi connectivity index (χ1) is 12.8. The summed E-state index contributed by atoms with van der Waals surface area (Å²) in [5, 5.41) is 0. The molecule has 1 fully saturated rings. The maximum atomic E-state index is 12.8. The Morgan fingerprint density at radius 1 is 1.11 bits per heavy atom. The van der Waals surface area contributed by atoms with Crippen LogP contribution in [0.3, 0.4) is 0 Å². The Morgan fingerprint density at radius 2 is 1.71 bits per heavy atom. The Kier molecular flexibility index (Phi) is 7.14. The highest BCUT2D eigenvalue weighted by Gasteiger charge is 2.38. The zero-order valence-corrected chi connectivity index (χ0v) is 19.8. The van der Waals surface area contributed by atoms with Crippen molar-refractivity contribution >= 4 is 16.4 Å². The Hall–Kier alpha value is -1.20. The molecular formula is C23H39NO3S. The van der Waals surface area contributed by atoms with E-state index in [-0.39, 0.29) is 16.9 Å². The lowest BCUT2D eigenvalue weighted by molar-refractivity contribution is -0.00214. The number of benzene rings is 1. The number of nitrogens with zero attached hydrogens (tertiary/aromatic N) is 1. The molecule has 0 aliphatic carbocycles. The van der Waals surface area contributed by atoms with Crippen molar-refractivity contribution < 1.29 is 13.7 Å². The number of carbonyl (C=O) groups is 1. The molecule has 0 aromatic heterocycles. The molecule has 0 radical (unpaired) electrons. The van der Waals surface area contributed by atoms with E-state index in [4.69, 9.17) is 8.92 Å². The first-order valence-corrected chi connectivity index (χ1v) is 12.3. The van der Waals surface area contributed by atoms with Gasteiger partial charge in [0.05, 0.1) is 12.6 Å². The van der Waals surface area contributed by atoms with E-state index < -0.39 is 15.9 Å². The Labute approximate surface area is 173 Å². The smallest absolute Gasteiger partial charge is 0.410 e. The van der Waals surface area contributed by atoms with Crippen molar-refractivity contribution in [1.29, 1.82) is 0 Å². The SMILES string of the molecule is CC1CCC(COS(C)(c2ccccc2)C(C)(C)C)N(C(=O)OC(C)(C)C)C1. The number of likely N-dealkylation sites (tertiary alicyclic amines) is 1. The second-order valence-corrected chi connectivity index (χ2v) is 13.6. The topological polar surface area (TPSA) is 38.8 Å².